The first-order valence-corrected chi connectivity index (χ1v) is 6.25. The quantitative estimate of drug-likeness (QED) is 0.887. The first-order valence-electron chi connectivity index (χ1n) is 5.88. The van der Waals surface area contributed by atoms with Crippen molar-refractivity contribution in [1.29, 1.82) is 0 Å². The Morgan fingerprint density at radius 2 is 1.78 bits per heavy atom. The Morgan fingerprint density at radius 3 is 2.33 bits per heavy atom. The van der Waals surface area contributed by atoms with Crippen LogP contribution in [0.2, 0.25) is 5.02 Å². The summed E-state index contributed by atoms with van der Waals surface area (Å²) in [6.07, 6.45) is 0.707. The molecule has 0 aliphatic rings. The molecule has 0 amide bonds. The van der Waals surface area contributed by atoms with Crippen LogP contribution in [0.5, 0.6) is 0 Å². The van der Waals surface area contributed by atoms with E-state index in [1.165, 1.54) is 6.07 Å². The lowest BCUT2D eigenvalue weighted by Crippen LogP contribution is -2.37. The lowest BCUT2D eigenvalue weighted by molar-refractivity contribution is 0.517. The third-order valence-electron chi connectivity index (χ3n) is 3.28. The zero-order chi connectivity index (χ0) is 13.2. The van der Waals surface area contributed by atoms with Gasteiger partial charge in [0.25, 0.3) is 0 Å². The molecule has 94 valence electrons. The van der Waals surface area contributed by atoms with E-state index in [4.69, 9.17) is 17.3 Å². The van der Waals surface area contributed by atoms with Crippen LogP contribution in [-0.2, 0) is 5.54 Å². The maximum Gasteiger partial charge on any atom is 0.141 e. The summed E-state index contributed by atoms with van der Waals surface area (Å²) >= 11 is 5.83. The molecule has 1 atom stereocenters. The summed E-state index contributed by atoms with van der Waals surface area (Å²) in [5.74, 6) is -0.424. The van der Waals surface area contributed by atoms with Crippen molar-refractivity contribution in [3.8, 4) is 0 Å². The second kappa shape index (κ2) is 5.09. The number of hydrogen-bond acceptors (Lipinski definition) is 1. The molecule has 0 aromatic heterocycles. The molecule has 2 aromatic rings. The first kappa shape index (κ1) is 13.1. The number of benzene rings is 2. The highest BCUT2D eigenvalue weighted by Gasteiger charge is 2.27. The van der Waals surface area contributed by atoms with Gasteiger partial charge < -0.3 is 5.73 Å². The number of halogens is 2. The van der Waals surface area contributed by atoms with Crippen LogP contribution in [0.25, 0.3) is 0 Å². The van der Waals surface area contributed by atoms with Crippen molar-refractivity contribution >= 4 is 11.6 Å². The molecule has 2 aromatic carbocycles. The number of hydrogen-bond donors (Lipinski definition) is 1. The van der Waals surface area contributed by atoms with Crippen molar-refractivity contribution in [3.05, 3.63) is 70.5 Å². The smallest absolute Gasteiger partial charge is 0.141 e. The maximum absolute atomic E-state index is 13.2. The third-order valence-corrected chi connectivity index (χ3v) is 3.57. The Balaban J connectivity index is 2.53. The first-order chi connectivity index (χ1) is 8.58. The van der Waals surface area contributed by atoms with Crippen molar-refractivity contribution in [2.75, 3.05) is 0 Å². The van der Waals surface area contributed by atoms with Crippen LogP contribution in [0.1, 0.15) is 24.5 Å². The van der Waals surface area contributed by atoms with Gasteiger partial charge in [0, 0.05) is 0 Å². The van der Waals surface area contributed by atoms with E-state index >= 15 is 0 Å². The molecule has 1 nitrogen and oxygen atoms in total. The highest BCUT2D eigenvalue weighted by molar-refractivity contribution is 6.30. The van der Waals surface area contributed by atoms with E-state index < -0.39 is 11.4 Å². The van der Waals surface area contributed by atoms with E-state index in [9.17, 15) is 4.39 Å². The summed E-state index contributed by atoms with van der Waals surface area (Å²) in [6, 6.07) is 14.4. The molecule has 2 rings (SSSR count). The Kier molecular flexibility index (Phi) is 3.69. The topological polar surface area (TPSA) is 26.0 Å². The monoisotopic (exact) mass is 263 g/mol. The van der Waals surface area contributed by atoms with Crippen molar-refractivity contribution in [1.82, 2.24) is 0 Å². The van der Waals surface area contributed by atoms with Crippen LogP contribution in [0.4, 0.5) is 4.39 Å². The van der Waals surface area contributed by atoms with Crippen molar-refractivity contribution in [3.63, 3.8) is 0 Å². The molecule has 0 aliphatic carbocycles. The standard InChI is InChI=1S/C15H15ClFN/c1-2-15(18,11-6-4-3-5-7-11)12-8-9-14(17)13(16)10-12/h3-10H,2,18H2,1H3/t15-/m1/s1. The largest absolute Gasteiger partial charge is 0.318 e. The highest BCUT2D eigenvalue weighted by Crippen LogP contribution is 2.32. The van der Waals surface area contributed by atoms with Crippen LogP contribution in [0.15, 0.2) is 48.5 Å². The van der Waals surface area contributed by atoms with Gasteiger partial charge in [-0.1, -0.05) is 54.9 Å². The minimum atomic E-state index is -0.640. The normalized spacial score (nSPS) is 14.2. The van der Waals surface area contributed by atoms with E-state index in [0.29, 0.717) is 6.42 Å². The molecule has 0 spiro atoms. The molecular weight excluding hydrogens is 249 g/mol. The van der Waals surface area contributed by atoms with E-state index in [0.717, 1.165) is 11.1 Å². The van der Waals surface area contributed by atoms with Gasteiger partial charge in [0.1, 0.15) is 5.82 Å². The molecule has 0 radical (unpaired) electrons. The predicted molar refractivity (Wildman–Crippen MR) is 73.1 cm³/mol. The zero-order valence-corrected chi connectivity index (χ0v) is 10.9. The van der Waals surface area contributed by atoms with Gasteiger partial charge in [-0.3, -0.25) is 0 Å². The fourth-order valence-electron chi connectivity index (χ4n) is 2.08. The second-order valence-electron chi connectivity index (χ2n) is 4.32. The summed E-state index contributed by atoms with van der Waals surface area (Å²) < 4.78 is 13.2. The lowest BCUT2D eigenvalue weighted by Gasteiger charge is -2.29. The van der Waals surface area contributed by atoms with Crippen LogP contribution in [0, 0.1) is 5.82 Å². The van der Waals surface area contributed by atoms with Gasteiger partial charge in [0.2, 0.25) is 0 Å². The van der Waals surface area contributed by atoms with Crippen molar-refractivity contribution in [2.45, 2.75) is 18.9 Å². The minimum Gasteiger partial charge on any atom is -0.318 e. The zero-order valence-electron chi connectivity index (χ0n) is 10.2. The Hall–Kier alpha value is -1.38. The number of nitrogens with two attached hydrogens (primary N) is 1. The van der Waals surface area contributed by atoms with E-state index in [-0.39, 0.29) is 5.02 Å². The molecule has 0 unspecified atom stereocenters. The Morgan fingerprint density at radius 1 is 1.11 bits per heavy atom. The fraction of sp³-hybridized carbons (Fsp3) is 0.200. The second-order valence-corrected chi connectivity index (χ2v) is 4.73. The van der Waals surface area contributed by atoms with Crippen LogP contribution in [-0.4, -0.2) is 0 Å². The molecule has 0 saturated heterocycles. The van der Waals surface area contributed by atoms with Gasteiger partial charge in [-0.2, -0.15) is 0 Å². The van der Waals surface area contributed by atoms with Gasteiger partial charge in [-0.05, 0) is 29.7 Å². The van der Waals surface area contributed by atoms with E-state index in [2.05, 4.69) is 0 Å². The lowest BCUT2D eigenvalue weighted by atomic mass is 9.82. The summed E-state index contributed by atoms with van der Waals surface area (Å²) in [6.45, 7) is 2.00. The van der Waals surface area contributed by atoms with Crippen molar-refractivity contribution < 1.29 is 4.39 Å². The molecule has 2 N–H and O–H groups in total. The molecule has 18 heavy (non-hydrogen) atoms. The van der Waals surface area contributed by atoms with Crippen molar-refractivity contribution in [2.24, 2.45) is 5.73 Å². The van der Waals surface area contributed by atoms with Gasteiger partial charge in [-0.15, -0.1) is 0 Å². The summed E-state index contributed by atoms with van der Waals surface area (Å²) in [7, 11) is 0. The molecule has 3 heteroatoms. The summed E-state index contributed by atoms with van der Waals surface area (Å²) in [4.78, 5) is 0. The van der Waals surface area contributed by atoms with E-state index in [1.807, 2.05) is 37.3 Å². The molecular formula is C15H15ClFN. The van der Waals surface area contributed by atoms with Gasteiger partial charge in [0.15, 0.2) is 0 Å². The molecule has 0 bridgehead atoms. The Labute approximate surface area is 111 Å². The van der Waals surface area contributed by atoms with E-state index in [1.54, 1.807) is 12.1 Å². The number of rotatable bonds is 3. The fourth-order valence-corrected chi connectivity index (χ4v) is 2.26. The average molecular weight is 264 g/mol. The van der Waals surface area contributed by atoms with Crippen LogP contribution in [0.3, 0.4) is 0 Å². The average Bonchev–Trinajstić information content (AvgIpc) is 2.42. The van der Waals surface area contributed by atoms with Crippen LogP contribution >= 0.6 is 11.6 Å². The van der Waals surface area contributed by atoms with Gasteiger partial charge in [-0.25, -0.2) is 4.39 Å². The molecule has 0 fully saturated rings. The van der Waals surface area contributed by atoms with Crippen LogP contribution < -0.4 is 5.73 Å². The minimum absolute atomic E-state index is 0.103. The third kappa shape index (κ3) is 2.26. The highest BCUT2D eigenvalue weighted by atomic mass is 35.5. The maximum atomic E-state index is 13.2. The molecule has 0 heterocycles. The van der Waals surface area contributed by atoms with Gasteiger partial charge in [0.05, 0.1) is 10.6 Å². The SMILES string of the molecule is CC[C@@](N)(c1ccccc1)c1ccc(F)c(Cl)c1. The summed E-state index contributed by atoms with van der Waals surface area (Å²) in [5, 5.41) is 0.103. The molecule has 0 aliphatic heterocycles. The Bertz CT molecular complexity index is 541. The predicted octanol–water partition coefficient (Wildman–Crippen LogP) is 4.09. The van der Waals surface area contributed by atoms with Gasteiger partial charge >= 0.3 is 0 Å². The summed E-state index contributed by atoms with van der Waals surface area (Å²) in [5.41, 5.74) is 7.65. The molecule has 0 saturated carbocycles.